The van der Waals surface area contributed by atoms with Gasteiger partial charge in [-0.25, -0.2) is 0 Å². The maximum absolute atomic E-state index is 12.9. The number of anilines is 1. The molecule has 0 saturated carbocycles. The molecule has 0 aliphatic carbocycles. The highest BCUT2D eigenvalue weighted by molar-refractivity contribution is 5.92. The van der Waals surface area contributed by atoms with Gasteiger partial charge in [0.05, 0.1) is 11.4 Å². The lowest BCUT2D eigenvalue weighted by Gasteiger charge is -2.14. The number of ether oxygens (including phenoxy) is 1. The summed E-state index contributed by atoms with van der Waals surface area (Å²) in [5, 5.41) is 5.88. The van der Waals surface area contributed by atoms with E-state index in [0.717, 1.165) is 6.07 Å². The monoisotopic (exact) mass is 363 g/mol. The van der Waals surface area contributed by atoms with Gasteiger partial charge in [-0.3, -0.25) is 9.48 Å². The van der Waals surface area contributed by atoms with E-state index in [9.17, 15) is 26.7 Å². The molecule has 0 bridgehead atoms. The van der Waals surface area contributed by atoms with Crippen molar-refractivity contribution in [2.24, 2.45) is 0 Å². The maximum atomic E-state index is 12.9. The summed E-state index contributed by atoms with van der Waals surface area (Å²) in [5.41, 5.74) is -0.450. The number of aryl methyl sites for hydroxylation is 2. The minimum atomic E-state index is -4.67. The van der Waals surface area contributed by atoms with E-state index in [4.69, 9.17) is 0 Å². The predicted molar refractivity (Wildman–Crippen MR) is 78.4 cm³/mol. The van der Waals surface area contributed by atoms with Crippen LogP contribution in [0.15, 0.2) is 24.3 Å². The number of hydrogen-bond donors (Lipinski definition) is 1. The van der Waals surface area contributed by atoms with Crippen LogP contribution in [-0.2, 0) is 17.5 Å². The smallest absolute Gasteiger partial charge is 0.433 e. The lowest BCUT2D eigenvalue weighted by atomic mass is 10.2. The Kier molecular flexibility index (Phi) is 5.29. The number of aromatic nitrogens is 2. The summed E-state index contributed by atoms with van der Waals surface area (Å²) in [4.78, 5) is 12.0. The summed E-state index contributed by atoms with van der Waals surface area (Å²) in [6.07, 6.45) is -4.67. The van der Waals surface area contributed by atoms with Crippen LogP contribution in [0.5, 0.6) is 5.75 Å². The van der Waals surface area contributed by atoms with Gasteiger partial charge < -0.3 is 10.1 Å². The number of rotatable bonds is 5. The molecule has 1 aromatic heterocycles. The third-order valence-electron chi connectivity index (χ3n) is 3.11. The molecule has 2 aromatic rings. The lowest BCUT2D eigenvalue weighted by Crippen LogP contribution is -2.24. The van der Waals surface area contributed by atoms with Crippen LogP contribution < -0.4 is 10.1 Å². The van der Waals surface area contributed by atoms with Crippen molar-refractivity contribution in [2.45, 2.75) is 33.2 Å². The number of nitrogens with one attached hydrogen (secondary N) is 1. The minimum absolute atomic E-state index is 0.0756. The molecule has 10 heteroatoms. The highest BCUT2D eigenvalue weighted by Gasteiger charge is 2.35. The Morgan fingerprint density at radius 2 is 1.96 bits per heavy atom. The SMILES string of the molecule is Cc1ccc(NC(=O)Cn2nc(C)cc2C(F)(F)F)c(OC(F)F)c1. The zero-order valence-electron chi connectivity index (χ0n) is 13.2. The van der Waals surface area contributed by atoms with Gasteiger partial charge in [0.1, 0.15) is 18.0 Å². The average molecular weight is 363 g/mol. The fraction of sp³-hybridized carbons (Fsp3) is 0.333. The summed E-state index contributed by atoms with van der Waals surface area (Å²) < 4.78 is 68.4. The van der Waals surface area contributed by atoms with Crippen molar-refractivity contribution in [3.63, 3.8) is 0 Å². The molecule has 1 aromatic carbocycles. The van der Waals surface area contributed by atoms with E-state index < -0.39 is 30.9 Å². The first-order chi connectivity index (χ1) is 11.6. The molecule has 5 nitrogen and oxygen atoms in total. The van der Waals surface area contributed by atoms with Gasteiger partial charge in [-0.2, -0.15) is 27.1 Å². The van der Waals surface area contributed by atoms with E-state index in [1.807, 2.05) is 0 Å². The molecule has 2 rings (SSSR count). The van der Waals surface area contributed by atoms with Crippen LogP contribution in [0, 0.1) is 13.8 Å². The fourth-order valence-electron chi connectivity index (χ4n) is 2.15. The maximum Gasteiger partial charge on any atom is 0.433 e. The Morgan fingerprint density at radius 1 is 1.28 bits per heavy atom. The van der Waals surface area contributed by atoms with Crippen LogP contribution in [-0.4, -0.2) is 22.3 Å². The average Bonchev–Trinajstić information content (AvgIpc) is 2.82. The van der Waals surface area contributed by atoms with E-state index in [0.29, 0.717) is 10.2 Å². The number of carbonyl (C=O) groups is 1. The summed E-state index contributed by atoms with van der Waals surface area (Å²) in [5.74, 6) is -1.15. The number of nitrogens with zero attached hydrogens (tertiary/aromatic N) is 2. The van der Waals surface area contributed by atoms with Crippen LogP contribution in [0.3, 0.4) is 0 Å². The zero-order chi connectivity index (χ0) is 18.8. The summed E-state index contributed by atoms with van der Waals surface area (Å²) in [7, 11) is 0. The van der Waals surface area contributed by atoms with E-state index >= 15 is 0 Å². The molecular formula is C15H14F5N3O2. The molecule has 0 spiro atoms. The van der Waals surface area contributed by atoms with Gasteiger partial charge in [0.15, 0.2) is 0 Å². The van der Waals surface area contributed by atoms with Crippen molar-refractivity contribution in [3.05, 3.63) is 41.2 Å². The quantitative estimate of drug-likeness (QED) is 0.823. The van der Waals surface area contributed by atoms with Crippen molar-refractivity contribution in [3.8, 4) is 5.75 Å². The van der Waals surface area contributed by atoms with E-state index in [1.165, 1.54) is 25.1 Å². The van der Waals surface area contributed by atoms with Gasteiger partial charge in [0.2, 0.25) is 5.91 Å². The molecule has 1 N–H and O–H groups in total. The van der Waals surface area contributed by atoms with Gasteiger partial charge in [0, 0.05) is 0 Å². The molecule has 1 heterocycles. The minimum Gasteiger partial charge on any atom is -0.433 e. The molecular weight excluding hydrogens is 349 g/mol. The molecule has 0 radical (unpaired) electrons. The second kappa shape index (κ2) is 7.08. The molecule has 0 fully saturated rings. The van der Waals surface area contributed by atoms with Crippen molar-refractivity contribution >= 4 is 11.6 Å². The normalized spacial score (nSPS) is 11.7. The van der Waals surface area contributed by atoms with E-state index in [2.05, 4.69) is 15.2 Å². The number of hydrogen-bond acceptors (Lipinski definition) is 3. The van der Waals surface area contributed by atoms with Gasteiger partial charge in [0.25, 0.3) is 0 Å². The molecule has 0 aliphatic rings. The number of halogens is 5. The van der Waals surface area contributed by atoms with Gasteiger partial charge in [-0.05, 0) is 37.6 Å². The predicted octanol–water partition coefficient (Wildman–Crippen LogP) is 3.76. The molecule has 0 aliphatic heterocycles. The van der Waals surface area contributed by atoms with Crippen LogP contribution in [0.4, 0.5) is 27.6 Å². The standard InChI is InChI=1S/C15H14F5N3O2/c1-8-3-4-10(11(5-8)25-14(16)17)21-13(24)7-23-12(15(18,19)20)6-9(2)22-23/h3-6,14H,7H2,1-2H3,(H,21,24). The van der Waals surface area contributed by atoms with Crippen molar-refractivity contribution in [2.75, 3.05) is 5.32 Å². The molecule has 1 amide bonds. The molecule has 25 heavy (non-hydrogen) atoms. The highest BCUT2D eigenvalue weighted by Crippen LogP contribution is 2.30. The lowest BCUT2D eigenvalue weighted by molar-refractivity contribution is -0.144. The van der Waals surface area contributed by atoms with Crippen molar-refractivity contribution < 1.29 is 31.5 Å². The summed E-state index contributed by atoms with van der Waals surface area (Å²) in [6, 6.07) is 4.95. The summed E-state index contributed by atoms with van der Waals surface area (Å²) >= 11 is 0. The second-order valence-corrected chi connectivity index (χ2v) is 5.25. The van der Waals surface area contributed by atoms with E-state index in [1.54, 1.807) is 6.92 Å². The number of amides is 1. The Bertz CT molecular complexity index is 771. The Balaban J connectivity index is 2.19. The van der Waals surface area contributed by atoms with Gasteiger partial charge in [-0.15, -0.1) is 0 Å². The first-order valence-corrected chi connectivity index (χ1v) is 7.03. The van der Waals surface area contributed by atoms with Crippen molar-refractivity contribution in [1.29, 1.82) is 0 Å². The van der Waals surface area contributed by atoms with Gasteiger partial charge >= 0.3 is 12.8 Å². The highest BCUT2D eigenvalue weighted by atomic mass is 19.4. The largest absolute Gasteiger partial charge is 0.433 e. The zero-order valence-corrected chi connectivity index (χ0v) is 13.2. The molecule has 0 saturated heterocycles. The summed E-state index contributed by atoms with van der Waals surface area (Å²) in [6.45, 7) is -0.849. The molecule has 0 atom stereocenters. The van der Waals surface area contributed by atoms with Crippen LogP contribution in [0.2, 0.25) is 0 Å². The van der Waals surface area contributed by atoms with Crippen LogP contribution in [0.1, 0.15) is 17.0 Å². The first-order valence-electron chi connectivity index (χ1n) is 7.03. The fourth-order valence-corrected chi connectivity index (χ4v) is 2.15. The third kappa shape index (κ3) is 4.91. The number of benzene rings is 1. The molecule has 0 unspecified atom stereocenters. The number of carbonyl (C=O) groups excluding carboxylic acids is 1. The van der Waals surface area contributed by atoms with Gasteiger partial charge in [-0.1, -0.05) is 6.07 Å². The topological polar surface area (TPSA) is 56.2 Å². The molecule has 136 valence electrons. The number of alkyl halides is 5. The third-order valence-corrected chi connectivity index (χ3v) is 3.11. The van der Waals surface area contributed by atoms with Crippen LogP contribution in [0.25, 0.3) is 0 Å². The van der Waals surface area contributed by atoms with E-state index in [-0.39, 0.29) is 17.1 Å². The first kappa shape index (κ1) is 18.7. The Morgan fingerprint density at radius 3 is 2.56 bits per heavy atom. The second-order valence-electron chi connectivity index (χ2n) is 5.25. The Hall–Kier alpha value is -2.65. The Labute approximate surface area is 139 Å². The van der Waals surface area contributed by atoms with Crippen molar-refractivity contribution in [1.82, 2.24) is 9.78 Å². The van der Waals surface area contributed by atoms with Crippen LogP contribution >= 0.6 is 0 Å².